The van der Waals surface area contributed by atoms with Gasteiger partial charge in [0.2, 0.25) is 11.8 Å². The Hall–Kier alpha value is -0.690. The number of nitrogens with one attached hydrogen (secondary N) is 1. The number of thioether (sulfide) groups is 2. The van der Waals surface area contributed by atoms with E-state index in [1.165, 1.54) is 16.7 Å². The van der Waals surface area contributed by atoms with Gasteiger partial charge in [0.15, 0.2) is 0 Å². The monoisotopic (exact) mass is 287 g/mol. The van der Waals surface area contributed by atoms with E-state index in [0.29, 0.717) is 11.8 Å². The quantitative estimate of drug-likeness (QED) is 0.802. The van der Waals surface area contributed by atoms with Gasteiger partial charge in [-0.3, -0.25) is 14.6 Å². The minimum Gasteiger partial charge on any atom is -0.352 e. The topological polar surface area (TPSA) is 61.8 Å². The van der Waals surface area contributed by atoms with E-state index in [1.807, 2.05) is 0 Å². The molecular formula is C11H17N3O2S2. The average molecular weight is 287 g/mol. The van der Waals surface area contributed by atoms with Gasteiger partial charge in [-0.1, -0.05) is 23.5 Å². The summed E-state index contributed by atoms with van der Waals surface area (Å²) in [5, 5.41) is 2.87. The van der Waals surface area contributed by atoms with E-state index < -0.39 is 0 Å². The SMILES string of the molecule is CN(CC(=O)NC1CC1)C(=O)CSC1=NCCS1. The molecule has 2 amide bonds. The van der Waals surface area contributed by atoms with Gasteiger partial charge < -0.3 is 10.2 Å². The molecule has 0 spiro atoms. The fraction of sp³-hybridized carbons (Fsp3) is 0.727. The lowest BCUT2D eigenvalue weighted by Crippen LogP contribution is -2.39. The standard InChI is InChI=1S/C11H17N3O2S2/c1-14(6-9(15)13-8-2-3-8)10(16)7-18-11-12-4-5-17-11/h8H,2-7H2,1H3,(H,13,15). The van der Waals surface area contributed by atoms with Gasteiger partial charge in [0.1, 0.15) is 4.38 Å². The zero-order valence-electron chi connectivity index (χ0n) is 10.3. The molecule has 0 atom stereocenters. The van der Waals surface area contributed by atoms with Crippen molar-refractivity contribution in [2.75, 3.05) is 31.6 Å². The van der Waals surface area contributed by atoms with Crippen molar-refractivity contribution in [3.05, 3.63) is 0 Å². The molecule has 2 rings (SSSR count). The van der Waals surface area contributed by atoms with Crippen LogP contribution in [0.5, 0.6) is 0 Å². The van der Waals surface area contributed by atoms with Crippen LogP contribution in [0.4, 0.5) is 0 Å². The molecule has 0 saturated heterocycles. The highest BCUT2D eigenvalue weighted by atomic mass is 32.2. The predicted octanol–water partition coefficient (Wildman–Crippen LogP) is 0.559. The zero-order chi connectivity index (χ0) is 13.0. The number of nitrogens with zero attached hydrogens (tertiary/aromatic N) is 2. The maximum absolute atomic E-state index is 11.8. The van der Waals surface area contributed by atoms with Gasteiger partial charge in [-0.2, -0.15) is 0 Å². The Labute approximate surface area is 115 Å². The van der Waals surface area contributed by atoms with E-state index in [4.69, 9.17) is 0 Å². The first kappa shape index (κ1) is 13.7. The molecule has 1 aliphatic carbocycles. The van der Waals surface area contributed by atoms with E-state index in [0.717, 1.165) is 29.5 Å². The lowest BCUT2D eigenvalue weighted by molar-refractivity contribution is -0.132. The summed E-state index contributed by atoms with van der Waals surface area (Å²) in [6, 6.07) is 0.347. The molecule has 0 aromatic rings. The number of amides is 2. The Bertz CT molecular complexity index is 369. The van der Waals surface area contributed by atoms with Crippen LogP contribution in [0.25, 0.3) is 0 Å². The van der Waals surface area contributed by atoms with Crippen LogP contribution in [0, 0.1) is 0 Å². The summed E-state index contributed by atoms with van der Waals surface area (Å²) in [7, 11) is 1.67. The molecule has 1 fully saturated rings. The highest BCUT2D eigenvalue weighted by molar-refractivity contribution is 8.39. The van der Waals surface area contributed by atoms with E-state index in [2.05, 4.69) is 10.3 Å². The second-order valence-corrected chi connectivity index (χ2v) is 6.68. The van der Waals surface area contributed by atoms with Crippen LogP contribution in [-0.2, 0) is 9.59 Å². The molecule has 1 N–H and O–H groups in total. The molecule has 5 nitrogen and oxygen atoms in total. The smallest absolute Gasteiger partial charge is 0.239 e. The third kappa shape index (κ3) is 4.53. The number of carbonyl (C=O) groups is 2. The molecule has 0 unspecified atom stereocenters. The first-order valence-corrected chi connectivity index (χ1v) is 7.95. The number of hydrogen-bond donors (Lipinski definition) is 1. The highest BCUT2D eigenvalue weighted by Gasteiger charge is 2.24. The Morgan fingerprint density at radius 2 is 2.33 bits per heavy atom. The summed E-state index contributed by atoms with van der Waals surface area (Å²) in [4.78, 5) is 29.1. The first-order valence-electron chi connectivity index (χ1n) is 5.98. The van der Waals surface area contributed by atoms with Gasteiger partial charge in [0.25, 0.3) is 0 Å². The molecule has 0 aromatic carbocycles. The van der Waals surface area contributed by atoms with Crippen molar-refractivity contribution in [1.29, 1.82) is 0 Å². The summed E-state index contributed by atoms with van der Waals surface area (Å²) >= 11 is 3.15. The lowest BCUT2D eigenvalue weighted by Gasteiger charge is -2.16. The molecule has 18 heavy (non-hydrogen) atoms. The van der Waals surface area contributed by atoms with Crippen molar-refractivity contribution in [3.63, 3.8) is 0 Å². The normalized spacial score (nSPS) is 18.4. The first-order chi connectivity index (χ1) is 8.65. The molecule has 1 aliphatic heterocycles. The Balaban J connectivity index is 1.65. The molecule has 100 valence electrons. The third-order valence-electron chi connectivity index (χ3n) is 2.63. The summed E-state index contributed by atoms with van der Waals surface area (Å²) in [5.41, 5.74) is 0. The van der Waals surface area contributed by atoms with Gasteiger partial charge in [0, 0.05) is 18.8 Å². The summed E-state index contributed by atoms with van der Waals surface area (Å²) in [6.45, 7) is 0.996. The molecule has 0 bridgehead atoms. The van der Waals surface area contributed by atoms with Crippen LogP contribution in [0.15, 0.2) is 4.99 Å². The molecule has 2 aliphatic rings. The number of aliphatic imine (C=N–C) groups is 1. The van der Waals surface area contributed by atoms with Gasteiger partial charge >= 0.3 is 0 Å². The van der Waals surface area contributed by atoms with Crippen molar-refractivity contribution < 1.29 is 9.59 Å². The average Bonchev–Trinajstić information content (AvgIpc) is 2.98. The van der Waals surface area contributed by atoms with Crippen molar-refractivity contribution in [3.8, 4) is 0 Å². The van der Waals surface area contributed by atoms with Crippen LogP contribution in [0.2, 0.25) is 0 Å². The molecule has 1 heterocycles. The van der Waals surface area contributed by atoms with Crippen LogP contribution in [0.3, 0.4) is 0 Å². The maximum atomic E-state index is 11.8. The molecule has 1 saturated carbocycles. The van der Waals surface area contributed by atoms with Gasteiger partial charge in [-0.15, -0.1) is 0 Å². The molecule has 0 radical (unpaired) electrons. The zero-order valence-corrected chi connectivity index (χ0v) is 12.0. The molecule has 0 aromatic heterocycles. The third-order valence-corrected chi connectivity index (χ3v) is 4.86. The van der Waals surface area contributed by atoms with Crippen molar-refractivity contribution >= 4 is 39.7 Å². The number of likely N-dealkylation sites (N-methyl/N-ethyl adjacent to an activating group) is 1. The van der Waals surface area contributed by atoms with E-state index in [-0.39, 0.29) is 18.4 Å². The van der Waals surface area contributed by atoms with Crippen molar-refractivity contribution in [2.45, 2.75) is 18.9 Å². The fourth-order valence-corrected chi connectivity index (χ4v) is 3.39. The van der Waals surface area contributed by atoms with E-state index >= 15 is 0 Å². The second-order valence-electron chi connectivity index (χ2n) is 4.38. The Morgan fingerprint density at radius 1 is 1.56 bits per heavy atom. The largest absolute Gasteiger partial charge is 0.352 e. The molecular weight excluding hydrogens is 270 g/mol. The molecule has 7 heteroatoms. The van der Waals surface area contributed by atoms with Crippen molar-refractivity contribution in [1.82, 2.24) is 10.2 Å². The number of carbonyl (C=O) groups excluding carboxylic acids is 2. The second kappa shape index (κ2) is 6.47. The van der Waals surface area contributed by atoms with Gasteiger partial charge in [-0.05, 0) is 12.8 Å². The van der Waals surface area contributed by atoms with Crippen molar-refractivity contribution in [2.24, 2.45) is 4.99 Å². The minimum absolute atomic E-state index is 0.0267. The minimum atomic E-state index is -0.0640. The fourth-order valence-electron chi connectivity index (χ4n) is 1.44. The number of rotatable bonds is 5. The van der Waals surface area contributed by atoms with Crippen LogP contribution < -0.4 is 5.32 Å². The van der Waals surface area contributed by atoms with Gasteiger partial charge in [-0.25, -0.2) is 0 Å². The van der Waals surface area contributed by atoms with Crippen LogP contribution in [-0.4, -0.2) is 58.8 Å². The van der Waals surface area contributed by atoms with Gasteiger partial charge in [0.05, 0.1) is 18.8 Å². The Morgan fingerprint density at radius 3 is 2.94 bits per heavy atom. The lowest BCUT2D eigenvalue weighted by atomic mass is 10.5. The highest BCUT2D eigenvalue weighted by Crippen LogP contribution is 2.22. The maximum Gasteiger partial charge on any atom is 0.239 e. The van der Waals surface area contributed by atoms with Crippen LogP contribution in [0.1, 0.15) is 12.8 Å². The van der Waals surface area contributed by atoms with E-state index in [9.17, 15) is 9.59 Å². The summed E-state index contributed by atoms with van der Waals surface area (Å²) in [6.07, 6.45) is 2.13. The Kier molecular flexibility index (Phi) is 4.94. The van der Waals surface area contributed by atoms with Crippen LogP contribution >= 0.6 is 23.5 Å². The van der Waals surface area contributed by atoms with E-state index in [1.54, 1.807) is 18.8 Å². The summed E-state index contributed by atoms with van der Waals surface area (Å²) < 4.78 is 0.985. The summed E-state index contributed by atoms with van der Waals surface area (Å²) in [5.74, 6) is 1.28. The number of hydrogen-bond acceptors (Lipinski definition) is 5. The predicted molar refractivity (Wildman–Crippen MR) is 76.0 cm³/mol.